The van der Waals surface area contributed by atoms with Gasteiger partial charge in [-0.05, 0) is 29.3 Å². The molecular weight excluding hydrogens is 156 g/mol. The van der Waals surface area contributed by atoms with Gasteiger partial charge in [0.05, 0.1) is 6.17 Å². The topological polar surface area (TPSA) is 38.0 Å². The van der Waals surface area contributed by atoms with Crippen LogP contribution in [0.5, 0.6) is 0 Å². The minimum absolute atomic E-state index is 0.0751. The first kappa shape index (κ1) is 6.88. The molecule has 0 fully saturated rings. The van der Waals surface area contributed by atoms with E-state index in [1.165, 1.54) is 10.4 Å². The van der Waals surface area contributed by atoms with Crippen molar-refractivity contribution in [3.63, 3.8) is 0 Å². The largest absolute Gasteiger partial charge is 0.376 e. The SMILES string of the molecule is NC1Cc2sccc2C=CN1. The number of fused-ring (bicyclic) bond motifs is 1. The lowest BCUT2D eigenvalue weighted by atomic mass is 10.2. The Labute approximate surface area is 69.7 Å². The predicted molar refractivity (Wildman–Crippen MR) is 48.2 cm³/mol. The third-order valence-corrected chi connectivity index (χ3v) is 2.72. The van der Waals surface area contributed by atoms with Crippen LogP contribution in [-0.2, 0) is 6.42 Å². The smallest absolute Gasteiger partial charge is 0.0787 e. The Morgan fingerprint density at radius 1 is 1.64 bits per heavy atom. The van der Waals surface area contributed by atoms with E-state index < -0.39 is 0 Å². The van der Waals surface area contributed by atoms with Crippen LogP contribution in [0.4, 0.5) is 0 Å². The fourth-order valence-corrected chi connectivity index (χ4v) is 2.11. The first-order valence-electron chi connectivity index (χ1n) is 3.61. The van der Waals surface area contributed by atoms with Crippen LogP contribution in [0, 0.1) is 0 Å². The van der Waals surface area contributed by atoms with Crippen molar-refractivity contribution < 1.29 is 0 Å². The number of nitrogens with one attached hydrogen (secondary N) is 1. The quantitative estimate of drug-likeness (QED) is 0.606. The molecule has 0 aromatic carbocycles. The molecule has 2 nitrogen and oxygen atoms in total. The standard InChI is InChI=1S/C8H10N2S/c9-8-5-7-6(1-3-10-8)2-4-11-7/h1-4,8,10H,5,9H2. The fraction of sp³-hybridized carbons (Fsp3) is 0.250. The molecule has 1 aromatic rings. The van der Waals surface area contributed by atoms with Gasteiger partial charge in [-0.25, -0.2) is 0 Å². The Morgan fingerprint density at radius 2 is 2.55 bits per heavy atom. The van der Waals surface area contributed by atoms with Gasteiger partial charge in [-0.15, -0.1) is 11.3 Å². The summed E-state index contributed by atoms with van der Waals surface area (Å²) < 4.78 is 0. The zero-order chi connectivity index (χ0) is 7.68. The normalized spacial score (nSPS) is 22.1. The molecule has 2 heterocycles. The van der Waals surface area contributed by atoms with Gasteiger partial charge in [-0.3, -0.25) is 0 Å². The van der Waals surface area contributed by atoms with Crippen LogP contribution in [0.3, 0.4) is 0 Å². The van der Waals surface area contributed by atoms with E-state index in [-0.39, 0.29) is 6.17 Å². The Balaban J connectivity index is 2.37. The number of thiophene rings is 1. The first-order chi connectivity index (χ1) is 5.36. The van der Waals surface area contributed by atoms with Gasteiger partial charge in [0.2, 0.25) is 0 Å². The first-order valence-corrected chi connectivity index (χ1v) is 4.49. The Morgan fingerprint density at radius 3 is 3.45 bits per heavy atom. The Hall–Kier alpha value is -0.800. The lowest BCUT2D eigenvalue weighted by Gasteiger charge is -2.07. The average Bonchev–Trinajstić information content (AvgIpc) is 2.31. The highest BCUT2D eigenvalue weighted by Gasteiger charge is 2.08. The Bertz CT molecular complexity index is 277. The summed E-state index contributed by atoms with van der Waals surface area (Å²) in [4.78, 5) is 1.37. The van der Waals surface area contributed by atoms with E-state index in [1.54, 1.807) is 11.3 Å². The lowest BCUT2D eigenvalue weighted by Crippen LogP contribution is -2.34. The Kier molecular flexibility index (Phi) is 1.68. The second-order valence-corrected chi connectivity index (χ2v) is 3.61. The number of hydrogen-bond donors (Lipinski definition) is 2. The summed E-state index contributed by atoms with van der Waals surface area (Å²) in [6.07, 6.45) is 4.99. The predicted octanol–water partition coefficient (Wildman–Crippen LogP) is 1.15. The van der Waals surface area contributed by atoms with Crippen LogP contribution in [0.15, 0.2) is 17.6 Å². The summed E-state index contributed by atoms with van der Waals surface area (Å²) in [5.74, 6) is 0. The van der Waals surface area contributed by atoms with Crippen LogP contribution in [-0.4, -0.2) is 6.17 Å². The van der Waals surface area contributed by atoms with Crippen molar-refractivity contribution in [2.24, 2.45) is 5.73 Å². The molecule has 1 unspecified atom stereocenters. The minimum atomic E-state index is 0.0751. The summed E-state index contributed by atoms with van der Waals surface area (Å²) >= 11 is 1.77. The summed E-state index contributed by atoms with van der Waals surface area (Å²) in [5, 5.41) is 5.19. The molecule has 11 heavy (non-hydrogen) atoms. The molecule has 1 aliphatic rings. The second kappa shape index (κ2) is 2.68. The zero-order valence-corrected chi connectivity index (χ0v) is 6.90. The summed E-state index contributed by atoms with van der Waals surface area (Å²) in [6, 6.07) is 2.12. The van der Waals surface area contributed by atoms with Gasteiger partial charge in [0.1, 0.15) is 0 Å². The van der Waals surface area contributed by atoms with E-state index in [0.717, 1.165) is 6.42 Å². The van der Waals surface area contributed by atoms with Crippen LogP contribution >= 0.6 is 11.3 Å². The maximum atomic E-state index is 5.75. The van der Waals surface area contributed by atoms with E-state index >= 15 is 0 Å². The number of rotatable bonds is 0. The van der Waals surface area contributed by atoms with Gasteiger partial charge in [0, 0.05) is 11.3 Å². The highest BCUT2D eigenvalue weighted by Crippen LogP contribution is 2.20. The maximum absolute atomic E-state index is 5.75. The number of nitrogens with two attached hydrogens (primary N) is 1. The summed E-state index contributed by atoms with van der Waals surface area (Å²) in [7, 11) is 0. The van der Waals surface area contributed by atoms with Gasteiger partial charge in [0.15, 0.2) is 0 Å². The maximum Gasteiger partial charge on any atom is 0.0787 e. The molecule has 2 rings (SSSR count). The molecule has 1 aromatic heterocycles. The van der Waals surface area contributed by atoms with E-state index in [0.29, 0.717) is 0 Å². The van der Waals surface area contributed by atoms with E-state index in [1.807, 2.05) is 6.20 Å². The number of hydrogen-bond acceptors (Lipinski definition) is 3. The van der Waals surface area contributed by atoms with E-state index in [2.05, 4.69) is 22.8 Å². The second-order valence-electron chi connectivity index (χ2n) is 2.61. The van der Waals surface area contributed by atoms with Crippen molar-refractivity contribution in [1.82, 2.24) is 5.32 Å². The van der Waals surface area contributed by atoms with Gasteiger partial charge >= 0.3 is 0 Å². The fourth-order valence-electron chi connectivity index (χ4n) is 1.19. The molecule has 0 bridgehead atoms. The average molecular weight is 166 g/mol. The molecule has 0 amide bonds. The van der Waals surface area contributed by atoms with Crippen LogP contribution < -0.4 is 11.1 Å². The van der Waals surface area contributed by atoms with Gasteiger partial charge in [-0.2, -0.15) is 0 Å². The summed E-state index contributed by atoms with van der Waals surface area (Å²) in [6.45, 7) is 0. The molecule has 0 spiro atoms. The molecular formula is C8H10N2S. The van der Waals surface area contributed by atoms with Crippen LogP contribution in [0.2, 0.25) is 0 Å². The molecule has 1 aliphatic heterocycles. The molecule has 3 N–H and O–H groups in total. The van der Waals surface area contributed by atoms with Crippen molar-refractivity contribution in [2.45, 2.75) is 12.6 Å². The van der Waals surface area contributed by atoms with Crippen molar-refractivity contribution >= 4 is 17.4 Å². The van der Waals surface area contributed by atoms with Crippen molar-refractivity contribution in [2.75, 3.05) is 0 Å². The zero-order valence-electron chi connectivity index (χ0n) is 6.08. The molecule has 1 atom stereocenters. The molecule has 3 heteroatoms. The molecule has 0 saturated carbocycles. The monoisotopic (exact) mass is 166 g/mol. The third kappa shape index (κ3) is 1.29. The van der Waals surface area contributed by atoms with Gasteiger partial charge < -0.3 is 11.1 Å². The van der Waals surface area contributed by atoms with Crippen molar-refractivity contribution in [3.8, 4) is 0 Å². The van der Waals surface area contributed by atoms with Crippen LogP contribution in [0.25, 0.3) is 6.08 Å². The van der Waals surface area contributed by atoms with Gasteiger partial charge in [-0.1, -0.05) is 0 Å². The molecule has 0 saturated heterocycles. The highest BCUT2D eigenvalue weighted by atomic mass is 32.1. The van der Waals surface area contributed by atoms with E-state index in [4.69, 9.17) is 5.73 Å². The van der Waals surface area contributed by atoms with E-state index in [9.17, 15) is 0 Å². The highest BCUT2D eigenvalue weighted by molar-refractivity contribution is 7.10. The van der Waals surface area contributed by atoms with Crippen molar-refractivity contribution in [3.05, 3.63) is 28.1 Å². The molecule has 0 aliphatic carbocycles. The third-order valence-electron chi connectivity index (χ3n) is 1.76. The lowest BCUT2D eigenvalue weighted by molar-refractivity contribution is 0.617. The minimum Gasteiger partial charge on any atom is -0.376 e. The molecule has 58 valence electrons. The summed E-state index contributed by atoms with van der Waals surface area (Å²) in [5.41, 5.74) is 7.05. The van der Waals surface area contributed by atoms with Crippen LogP contribution in [0.1, 0.15) is 10.4 Å². The van der Waals surface area contributed by atoms with Gasteiger partial charge in [0.25, 0.3) is 0 Å². The van der Waals surface area contributed by atoms with Crippen molar-refractivity contribution in [1.29, 1.82) is 0 Å². The molecule has 0 radical (unpaired) electrons.